The van der Waals surface area contributed by atoms with Crippen molar-refractivity contribution in [1.29, 1.82) is 0 Å². The monoisotopic (exact) mass is 258 g/mol. The number of aromatic hydroxyl groups is 2. The molecule has 0 radical (unpaired) electrons. The van der Waals surface area contributed by atoms with E-state index in [1.54, 1.807) is 24.3 Å². The van der Waals surface area contributed by atoms with Crippen molar-refractivity contribution in [2.75, 3.05) is 0 Å². The Kier molecular flexibility index (Phi) is 3.42. The number of phenolic OH excluding ortho intramolecular Hbond substituents is 2. The highest BCUT2D eigenvalue weighted by atomic mass is 16.4. The molecule has 2 aromatic carbocycles. The maximum atomic E-state index is 11.2. The summed E-state index contributed by atoms with van der Waals surface area (Å²) in [4.78, 5) is 11.2. The highest BCUT2D eigenvalue weighted by Crippen LogP contribution is 2.38. The molecule has 0 bridgehead atoms. The second kappa shape index (κ2) is 5.02. The van der Waals surface area contributed by atoms with Gasteiger partial charge in [0.25, 0.3) is 0 Å². The predicted octanol–water partition coefficient (Wildman–Crippen LogP) is 3.03. The number of benzene rings is 2. The fraction of sp³-hybridized carbons (Fsp3) is 0.133. The van der Waals surface area contributed by atoms with Crippen molar-refractivity contribution in [1.82, 2.24) is 0 Å². The van der Waals surface area contributed by atoms with Crippen LogP contribution in [0.1, 0.15) is 22.8 Å². The summed E-state index contributed by atoms with van der Waals surface area (Å²) in [5.41, 5.74) is 1.90. The SMILES string of the molecule is CCc1c(C(=O)O)cccc1-c1cccc(O)c1O. The maximum Gasteiger partial charge on any atom is 0.335 e. The molecule has 19 heavy (non-hydrogen) atoms. The van der Waals surface area contributed by atoms with Gasteiger partial charge in [0, 0.05) is 5.56 Å². The van der Waals surface area contributed by atoms with Crippen LogP contribution < -0.4 is 0 Å². The molecule has 0 aliphatic heterocycles. The first-order valence-corrected chi connectivity index (χ1v) is 5.92. The minimum absolute atomic E-state index is 0.211. The van der Waals surface area contributed by atoms with Gasteiger partial charge in [-0.05, 0) is 29.7 Å². The van der Waals surface area contributed by atoms with E-state index in [-0.39, 0.29) is 17.1 Å². The molecule has 0 spiro atoms. The lowest BCUT2D eigenvalue weighted by atomic mass is 9.93. The molecule has 0 atom stereocenters. The highest BCUT2D eigenvalue weighted by molar-refractivity contribution is 5.93. The first-order chi connectivity index (χ1) is 9.06. The van der Waals surface area contributed by atoms with E-state index in [0.29, 0.717) is 23.1 Å². The van der Waals surface area contributed by atoms with Gasteiger partial charge in [-0.25, -0.2) is 4.79 Å². The van der Waals surface area contributed by atoms with Crippen LogP contribution in [0.3, 0.4) is 0 Å². The molecule has 2 rings (SSSR count). The summed E-state index contributed by atoms with van der Waals surface area (Å²) in [7, 11) is 0. The number of aromatic carboxylic acids is 1. The lowest BCUT2D eigenvalue weighted by Gasteiger charge is -2.13. The lowest BCUT2D eigenvalue weighted by Crippen LogP contribution is -2.03. The van der Waals surface area contributed by atoms with Gasteiger partial charge in [0.05, 0.1) is 5.56 Å². The van der Waals surface area contributed by atoms with E-state index in [0.717, 1.165) is 0 Å². The van der Waals surface area contributed by atoms with Crippen molar-refractivity contribution in [3.05, 3.63) is 47.5 Å². The van der Waals surface area contributed by atoms with Crippen LogP contribution >= 0.6 is 0 Å². The zero-order chi connectivity index (χ0) is 14.0. The van der Waals surface area contributed by atoms with Crippen LogP contribution in [0.5, 0.6) is 11.5 Å². The van der Waals surface area contributed by atoms with E-state index in [9.17, 15) is 20.1 Å². The molecule has 0 amide bonds. The number of rotatable bonds is 3. The third-order valence-electron chi connectivity index (χ3n) is 3.06. The van der Waals surface area contributed by atoms with Crippen molar-refractivity contribution in [2.45, 2.75) is 13.3 Å². The Labute approximate surface area is 110 Å². The third kappa shape index (κ3) is 2.25. The van der Waals surface area contributed by atoms with Crippen molar-refractivity contribution < 1.29 is 20.1 Å². The van der Waals surface area contributed by atoms with Gasteiger partial charge in [0.15, 0.2) is 11.5 Å². The van der Waals surface area contributed by atoms with Crippen LogP contribution in [-0.2, 0) is 6.42 Å². The van der Waals surface area contributed by atoms with Gasteiger partial charge in [0.1, 0.15) is 0 Å². The molecule has 0 saturated carbocycles. The Bertz CT molecular complexity index is 632. The standard InChI is InChI=1S/C15H14O4/c1-2-9-10(5-3-7-12(9)15(18)19)11-6-4-8-13(16)14(11)17/h3-8,16-17H,2H2,1H3,(H,18,19). The quantitative estimate of drug-likeness (QED) is 0.739. The molecule has 3 N–H and O–H groups in total. The number of carboxylic acids is 1. The Balaban J connectivity index is 2.72. The summed E-state index contributed by atoms with van der Waals surface area (Å²) in [5, 5.41) is 28.6. The molecule has 4 heteroatoms. The summed E-state index contributed by atoms with van der Waals surface area (Å²) in [6.07, 6.45) is 0.521. The summed E-state index contributed by atoms with van der Waals surface area (Å²) in [6.45, 7) is 1.85. The molecule has 0 aromatic heterocycles. The Morgan fingerprint density at radius 1 is 1.05 bits per heavy atom. The zero-order valence-electron chi connectivity index (χ0n) is 10.4. The Hall–Kier alpha value is -2.49. The number of carbonyl (C=O) groups is 1. The average molecular weight is 258 g/mol. The summed E-state index contributed by atoms with van der Waals surface area (Å²) < 4.78 is 0. The molecule has 0 unspecified atom stereocenters. The van der Waals surface area contributed by atoms with Crippen LogP contribution in [0.15, 0.2) is 36.4 Å². The molecule has 0 aliphatic carbocycles. The fourth-order valence-corrected chi connectivity index (χ4v) is 2.17. The van der Waals surface area contributed by atoms with E-state index < -0.39 is 5.97 Å². The van der Waals surface area contributed by atoms with Gasteiger partial charge >= 0.3 is 5.97 Å². The Morgan fingerprint density at radius 2 is 1.68 bits per heavy atom. The number of phenols is 2. The zero-order valence-corrected chi connectivity index (χ0v) is 10.4. The van der Waals surface area contributed by atoms with Crippen LogP contribution in [-0.4, -0.2) is 21.3 Å². The smallest absolute Gasteiger partial charge is 0.335 e. The average Bonchev–Trinajstić information content (AvgIpc) is 2.41. The van der Waals surface area contributed by atoms with Gasteiger partial charge in [-0.15, -0.1) is 0 Å². The minimum atomic E-state index is -1.00. The summed E-state index contributed by atoms with van der Waals surface area (Å²) in [6, 6.07) is 9.53. The van der Waals surface area contributed by atoms with Crippen LogP contribution in [0, 0.1) is 0 Å². The van der Waals surface area contributed by atoms with Gasteiger partial charge in [0.2, 0.25) is 0 Å². The number of carboxylic acid groups (broad SMARTS) is 1. The van der Waals surface area contributed by atoms with E-state index >= 15 is 0 Å². The molecule has 0 saturated heterocycles. The first kappa shape index (κ1) is 13.0. The lowest BCUT2D eigenvalue weighted by molar-refractivity contribution is 0.0696. The van der Waals surface area contributed by atoms with Crippen molar-refractivity contribution in [3.8, 4) is 22.6 Å². The number of para-hydroxylation sites is 1. The van der Waals surface area contributed by atoms with Crippen molar-refractivity contribution in [3.63, 3.8) is 0 Å². The summed E-state index contributed by atoms with van der Waals surface area (Å²) >= 11 is 0. The van der Waals surface area contributed by atoms with E-state index in [2.05, 4.69) is 0 Å². The molecular weight excluding hydrogens is 244 g/mol. The summed E-state index contributed by atoms with van der Waals surface area (Å²) in [5.74, 6) is -1.46. The molecule has 2 aromatic rings. The third-order valence-corrected chi connectivity index (χ3v) is 3.06. The number of hydrogen-bond donors (Lipinski definition) is 3. The molecule has 0 fully saturated rings. The number of hydrogen-bond acceptors (Lipinski definition) is 3. The second-order valence-electron chi connectivity index (χ2n) is 4.16. The van der Waals surface area contributed by atoms with Crippen molar-refractivity contribution >= 4 is 5.97 Å². The second-order valence-corrected chi connectivity index (χ2v) is 4.16. The van der Waals surface area contributed by atoms with Gasteiger partial charge in [-0.3, -0.25) is 0 Å². The highest BCUT2D eigenvalue weighted by Gasteiger charge is 2.16. The maximum absolute atomic E-state index is 11.2. The van der Waals surface area contributed by atoms with E-state index in [1.807, 2.05) is 6.92 Å². The fourth-order valence-electron chi connectivity index (χ4n) is 2.17. The van der Waals surface area contributed by atoms with E-state index in [4.69, 9.17) is 0 Å². The molecule has 0 aliphatic rings. The van der Waals surface area contributed by atoms with Gasteiger partial charge in [-0.1, -0.05) is 31.2 Å². The Morgan fingerprint density at radius 3 is 2.32 bits per heavy atom. The normalized spacial score (nSPS) is 10.4. The largest absolute Gasteiger partial charge is 0.504 e. The van der Waals surface area contributed by atoms with Gasteiger partial charge in [-0.2, -0.15) is 0 Å². The topological polar surface area (TPSA) is 77.8 Å². The first-order valence-electron chi connectivity index (χ1n) is 5.92. The van der Waals surface area contributed by atoms with Crippen LogP contribution in [0.25, 0.3) is 11.1 Å². The van der Waals surface area contributed by atoms with Crippen LogP contribution in [0.2, 0.25) is 0 Å². The molecular formula is C15H14O4. The van der Waals surface area contributed by atoms with Crippen LogP contribution in [0.4, 0.5) is 0 Å². The molecule has 4 nitrogen and oxygen atoms in total. The van der Waals surface area contributed by atoms with Crippen molar-refractivity contribution in [2.24, 2.45) is 0 Å². The van der Waals surface area contributed by atoms with Gasteiger partial charge < -0.3 is 15.3 Å². The van der Waals surface area contributed by atoms with E-state index in [1.165, 1.54) is 12.1 Å². The molecule has 0 heterocycles. The molecule has 98 valence electrons. The minimum Gasteiger partial charge on any atom is -0.504 e. The predicted molar refractivity (Wildman–Crippen MR) is 71.5 cm³/mol.